The molecule has 0 bridgehead atoms. The fourth-order valence-electron chi connectivity index (χ4n) is 3.63. The van der Waals surface area contributed by atoms with Gasteiger partial charge in [0.25, 0.3) is 0 Å². The Kier molecular flexibility index (Phi) is 5.14. The van der Waals surface area contributed by atoms with Gasteiger partial charge in [-0.2, -0.15) is 0 Å². The zero-order valence-electron chi connectivity index (χ0n) is 15.5. The van der Waals surface area contributed by atoms with Crippen molar-refractivity contribution in [2.24, 2.45) is 0 Å². The van der Waals surface area contributed by atoms with E-state index in [0.717, 1.165) is 5.82 Å². The molecule has 5 nitrogen and oxygen atoms in total. The number of hydrogen-bond acceptors (Lipinski definition) is 3. The molecule has 1 atom stereocenters. The lowest BCUT2D eigenvalue weighted by atomic mass is 9.84. The molecule has 1 saturated heterocycles. The molecule has 1 unspecified atom stereocenters. The summed E-state index contributed by atoms with van der Waals surface area (Å²) < 4.78 is 15.0. The quantitative estimate of drug-likeness (QED) is 0.912. The average Bonchev–Trinajstić information content (AvgIpc) is 3.11. The summed E-state index contributed by atoms with van der Waals surface area (Å²) in [6, 6.07) is 5.64. The van der Waals surface area contributed by atoms with Crippen LogP contribution in [-0.2, 0) is 10.4 Å². The van der Waals surface area contributed by atoms with Crippen LogP contribution in [0.4, 0.5) is 4.39 Å². The van der Waals surface area contributed by atoms with Crippen molar-refractivity contribution in [2.75, 3.05) is 13.1 Å². The maximum absolute atomic E-state index is 13.1. The number of aliphatic hydroxyl groups is 1. The standard InChI is InChI=1S/C20H26FN3O2/c1-14(2)18-22-10-13-24(18)15(3)19(25)23-11-8-20(26,9-12-23)16-4-6-17(21)7-5-16/h4-7,10,13-15,26H,8-9,11-12H2,1-3H3. The first kappa shape index (κ1) is 18.6. The fraction of sp³-hybridized carbons (Fsp3) is 0.500. The summed E-state index contributed by atoms with van der Waals surface area (Å²) in [4.78, 5) is 19.1. The van der Waals surface area contributed by atoms with Crippen LogP contribution in [0.5, 0.6) is 0 Å². The molecule has 1 fully saturated rings. The topological polar surface area (TPSA) is 58.4 Å². The van der Waals surface area contributed by atoms with Gasteiger partial charge in [0.15, 0.2) is 0 Å². The molecular weight excluding hydrogens is 333 g/mol. The summed E-state index contributed by atoms with van der Waals surface area (Å²) in [5.41, 5.74) is -0.304. The molecule has 1 aromatic heterocycles. The van der Waals surface area contributed by atoms with Gasteiger partial charge >= 0.3 is 0 Å². The third-order valence-corrected chi connectivity index (χ3v) is 5.27. The van der Waals surface area contributed by atoms with Gasteiger partial charge in [-0.05, 0) is 37.5 Å². The average molecular weight is 359 g/mol. The Labute approximate surface area is 153 Å². The van der Waals surface area contributed by atoms with Gasteiger partial charge in [-0.1, -0.05) is 26.0 Å². The molecule has 1 N–H and O–H groups in total. The second-order valence-electron chi connectivity index (χ2n) is 7.39. The predicted molar refractivity (Wildman–Crippen MR) is 97.1 cm³/mol. The van der Waals surface area contributed by atoms with E-state index < -0.39 is 5.60 Å². The first-order valence-electron chi connectivity index (χ1n) is 9.12. The molecule has 6 heteroatoms. The summed E-state index contributed by atoms with van der Waals surface area (Å²) in [5.74, 6) is 0.849. The first-order valence-corrected chi connectivity index (χ1v) is 9.12. The van der Waals surface area contributed by atoms with E-state index in [1.807, 2.05) is 17.7 Å². The van der Waals surface area contributed by atoms with Gasteiger partial charge < -0.3 is 14.6 Å². The molecule has 2 aromatic rings. The fourth-order valence-corrected chi connectivity index (χ4v) is 3.63. The lowest BCUT2D eigenvalue weighted by molar-refractivity contribution is -0.139. The molecule has 0 saturated carbocycles. The van der Waals surface area contributed by atoms with Crippen molar-refractivity contribution in [3.05, 3.63) is 53.9 Å². The number of carbonyl (C=O) groups is 1. The molecule has 26 heavy (non-hydrogen) atoms. The molecule has 0 aliphatic carbocycles. The van der Waals surface area contributed by atoms with Gasteiger partial charge in [0, 0.05) is 31.4 Å². The van der Waals surface area contributed by atoms with E-state index >= 15 is 0 Å². The van der Waals surface area contributed by atoms with Gasteiger partial charge in [-0.3, -0.25) is 4.79 Å². The number of imidazole rings is 1. The zero-order chi connectivity index (χ0) is 18.9. The van der Waals surface area contributed by atoms with Crippen LogP contribution in [-0.4, -0.2) is 38.6 Å². The van der Waals surface area contributed by atoms with E-state index in [0.29, 0.717) is 31.5 Å². The van der Waals surface area contributed by atoms with Gasteiger partial charge in [0.1, 0.15) is 17.7 Å². The minimum atomic E-state index is -1.01. The number of amides is 1. The Bertz CT molecular complexity index is 762. The van der Waals surface area contributed by atoms with Crippen molar-refractivity contribution >= 4 is 5.91 Å². The number of hydrogen-bond donors (Lipinski definition) is 1. The van der Waals surface area contributed by atoms with Crippen LogP contribution in [0.2, 0.25) is 0 Å². The highest BCUT2D eigenvalue weighted by molar-refractivity contribution is 5.80. The van der Waals surface area contributed by atoms with E-state index in [9.17, 15) is 14.3 Å². The predicted octanol–water partition coefficient (Wildman–Crippen LogP) is 3.22. The monoisotopic (exact) mass is 359 g/mol. The minimum absolute atomic E-state index is 0.0334. The van der Waals surface area contributed by atoms with Gasteiger partial charge in [0.05, 0.1) is 5.60 Å². The molecule has 1 aliphatic heterocycles. The first-order chi connectivity index (χ1) is 12.3. The van der Waals surface area contributed by atoms with Crippen molar-refractivity contribution in [2.45, 2.75) is 51.2 Å². The van der Waals surface area contributed by atoms with Gasteiger partial charge in [-0.25, -0.2) is 9.37 Å². The van der Waals surface area contributed by atoms with E-state index in [2.05, 4.69) is 18.8 Å². The number of piperidine rings is 1. The van der Waals surface area contributed by atoms with Crippen LogP contribution in [0.3, 0.4) is 0 Å². The highest BCUT2D eigenvalue weighted by Crippen LogP contribution is 2.33. The summed E-state index contributed by atoms with van der Waals surface area (Å²) in [5, 5.41) is 10.9. The van der Waals surface area contributed by atoms with Crippen molar-refractivity contribution in [1.82, 2.24) is 14.5 Å². The lowest BCUT2D eigenvalue weighted by Gasteiger charge is -2.39. The molecule has 0 spiro atoms. The Morgan fingerprint density at radius 2 is 1.81 bits per heavy atom. The maximum atomic E-state index is 13.1. The molecule has 1 amide bonds. The normalized spacial score (nSPS) is 18.2. The summed E-state index contributed by atoms with van der Waals surface area (Å²) >= 11 is 0. The largest absolute Gasteiger partial charge is 0.385 e. The second kappa shape index (κ2) is 7.19. The smallest absolute Gasteiger partial charge is 0.245 e. The number of carbonyl (C=O) groups excluding carboxylic acids is 1. The number of rotatable bonds is 4. The van der Waals surface area contributed by atoms with Crippen LogP contribution in [0.1, 0.15) is 57.0 Å². The number of nitrogens with zero attached hydrogens (tertiary/aromatic N) is 3. The van der Waals surface area contributed by atoms with E-state index in [1.54, 1.807) is 23.2 Å². The molecule has 140 valence electrons. The third kappa shape index (κ3) is 3.51. The van der Waals surface area contributed by atoms with Crippen LogP contribution in [0, 0.1) is 5.82 Å². The van der Waals surface area contributed by atoms with Crippen molar-refractivity contribution < 1.29 is 14.3 Å². The highest BCUT2D eigenvalue weighted by atomic mass is 19.1. The number of aromatic nitrogens is 2. The Morgan fingerprint density at radius 1 is 1.19 bits per heavy atom. The molecule has 2 heterocycles. The van der Waals surface area contributed by atoms with Crippen LogP contribution in [0.25, 0.3) is 0 Å². The number of halogens is 1. The Morgan fingerprint density at radius 3 is 2.38 bits per heavy atom. The van der Waals surface area contributed by atoms with Crippen LogP contribution >= 0.6 is 0 Å². The zero-order valence-corrected chi connectivity index (χ0v) is 15.5. The number of likely N-dealkylation sites (tertiary alicyclic amines) is 1. The van der Waals surface area contributed by atoms with Gasteiger partial charge in [0.2, 0.25) is 5.91 Å². The molecule has 3 rings (SSSR count). The van der Waals surface area contributed by atoms with E-state index in [4.69, 9.17) is 0 Å². The SMILES string of the molecule is CC(C)c1nccn1C(C)C(=O)N1CCC(O)(c2ccc(F)cc2)CC1. The second-order valence-corrected chi connectivity index (χ2v) is 7.39. The number of benzene rings is 1. The molecule has 1 aromatic carbocycles. The third-order valence-electron chi connectivity index (χ3n) is 5.27. The van der Waals surface area contributed by atoms with Crippen LogP contribution in [0.15, 0.2) is 36.7 Å². The molecular formula is C20H26FN3O2. The van der Waals surface area contributed by atoms with Crippen molar-refractivity contribution in [1.29, 1.82) is 0 Å². The van der Waals surface area contributed by atoms with E-state index in [1.165, 1.54) is 12.1 Å². The Balaban J connectivity index is 1.68. The Hall–Kier alpha value is -2.21. The van der Waals surface area contributed by atoms with Crippen molar-refractivity contribution in [3.8, 4) is 0 Å². The van der Waals surface area contributed by atoms with Crippen LogP contribution < -0.4 is 0 Å². The summed E-state index contributed by atoms with van der Waals surface area (Å²) in [7, 11) is 0. The van der Waals surface area contributed by atoms with Gasteiger partial charge in [-0.15, -0.1) is 0 Å². The lowest BCUT2D eigenvalue weighted by Crippen LogP contribution is -2.47. The maximum Gasteiger partial charge on any atom is 0.245 e. The highest BCUT2D eigenvalue weighted by Gasteiger charge is 2.36. The van der Waals surface area contributed by atoms with Crippen molar-refractivity contribution in [3.63, 3.8) is 0 Å². The minimum Gasteiger partial charge on any atom is -0.385 e. The summed E-state index contributed by atoms with van der Waals surface area (Å²) in [6.07, 6.45) is 4.45. The van der Waals surface area contributed by atoms with E-state index in [-0.39, 0.29) is 23.7 Å². The molecule has 1 aliphatic rings. The molecule has 0 radical (unpaired) electrons. The summed E-state index contributed by atoms with van der Waals surface area (Å²) in [6.45, 7) is 6.95.